The summed E-state index contributed by atoms with van der Waals surface area (Å²) < 4.78 is 0. The average Bonchev–Trinajstić information content (AvgIpc) is 2.69. The molecule has 136 valence electrons. The Kier molecular flexibility index (Phi) is 5.07. The van der Waals surface area contributed by atoms with Crippen LogP contribution in [0.4, 0.5) is 16.2 Å². The monoisotopic (exact) mass is 367 g/mol. The van der Waals surface area contributed by atoms with Crippen LogP contribution in [0.15, 0.2) is 42.5 Å². The molecule has 2 heterocycles. The SMILES string of the molecule is Cc1ccc2c(c1)CCN(C(=O)Nc1ccc(N3CCSCC3)cc1)C2. The predicted molar refractivity (Wildman–Crippen MR) is 110 cm³/mol. The normalized spacial score (nSPS) is 17.0. The van der Waals surface area contributed by atoms with Crippen LogP contribution in [0.25, 0.3) is 0 Å². The van der Waals surface area contributed by atoms with Gasteiger partial charge in [-0.25, -0.2) is 4.79 Å². The number of amides is 2. The number of rotatable bonds is 2. The van der Waals surface area contributed by atoms with Crippen LogP contribution >= 0.6 is 11.8 Å². The Labute approximate surface area is 159 Å². The second kappa shape index (κ2) is 7.62. The van der Waals surface area contributed by atoms with Crippen molar-refractivity contribution >= 4 is 29.2 Å². The lowest BCUT2D eigenvalue weighted by Gasteiger charge is -2.30. The van der Waals surface area contributed by atoms with E-state index in [1.807, 2.05) is 28.8 Å². The predicted octanol–water partition coefficient (Wildman–Crippen LogP) is 4.14. The van der Waals surface area contributed by atoms with Gasteiger partial charge in [0.15, 0.2) is 0 Å². The number of carbonyl (C=O) groups is 1. The van der Waals surface area contributed by atoms with E-state index in [0.29, 0.717) is 6.54 Å². The molecule has 0 bridgehead atoms. The molecule has 1 saturated heterocycles. The first-order chi connectivity index (χ1) is 12.7. The molecule has 4 rings (SSSR count). The number of anilines is 2. The summed E-state index contributed by atoms with van der Waals surface area (Å²) in [4.78, 5) is 16.9. The van der Waals surface area contributed by atoms with Crippen molar-refractivity contribution in [1.29, 1.82) is 0 Å². The molecule has 2 aromatic carbocycles. The summed E-state index contributed by atoms with van der Waals surface area (Å²) in [5.74, 6) is 2.38. The van der Waals surface area contributed by atoms with Crippen molar-refractivity contribution in [3.63, 3.8) is 0 Å². The van der Waals surface area contributed by atoms with Crippen LogP contribution in [0.2, 0.25) is 0 Å². The van der Waals surface area contributed by atoms with Crippen molar-refractivity contribution in [2.24, 2.45) is 0 Å². The molecule has 0 radical (unpaired) electrons. The number of nitrogens with zero attached hydrogens (tertiary/aromatic N) is 2. The third-order valence-corrected chi connectivity index (χ3v) is 6.10. The maximum Gasteiger partial charge on any atom is 0.322 e. The van der Waals surface area contributed by atoms with Gasteiger partial charge in [-0.05, 0) is 48.7 Å². The van der Waals surface area contributed by atoms with Crippen molar-refractivity contribution in [2.45, 2.75) is 19.9 Å². The number of nitrogens with one attached hydrogen (secondary N) is 1. The third-order valence-electron chi connectivity index (χ3n) is 5.16. The minimum atomic E-state index is -0.0154. The molecule has 5 heteroatoms. The van der Waals surface area contributed by atoms with E-state index < -0.39 is 0 Å². The zero-order valence-electron chi connectivity index (χ0n) is 15.2. The number of thioether (sulfide) groups is 1. The number of carbonyl (C=O) groups excluding carboxylic acids is 1. The van der Waals surface area contributed by atoms with Gasteiger partial charge in [-0.3, -0.25) is 0 Å². The van der Waals surface area contributed by atoms with E-state index in [4.69, 9.17) is 0 Å². The Morgan fingerprint density at radius 2 is 1.77 bits per heavy atom. The Bertz CT molecular complexity index is 784. The largest absolute Gasteiger partial charge is 0.370 e. The van der Waals surface area contributed by atoms with Crippen LogP contribution in [-0.4, -0.2) is 42.1 Å². The van der Waals surface area contributed by atoms with E-state index in [2.05, 4.69) is 47.5 Å². The van der Waals surface area contributed by atoms with Gasteiger partial charge in [-0.15, -0.1) is 0 Å². The topological polar surface area (TPSA) is 35.6 Å². The highest BCUT2D eigenvalue weighted by Gasteiger charge is 2.20. The molecule has 0 spiro atoms. The van der Waals surface area contributed by atoms with Gasteiger partial charge in [0.05, 0.1) is 0 Å². The van der Waals surface area contributed by atoms with Gasteiger partial charge in [0, 0.05) is 49.1 Å². The lowest BCUT2D eigenvalue weighted by molar-refractivity contribution is 0.206. The molecule has 0 aliphatic carbocycles. The minimum absolute atomic E-state index is 0.0154. The molecule has 2 aliphatic rings. The zero-order chi connectivity index (χ0) is 17.9. The van der Waals surface area contributed by atoms with Crippen LogP contribution in [-0.2, 0) is 13.0 Å². The molecule has 0 unspecified atom stereocenters. The zero-order valence-corrected chi connectivity index (χ0v) is 16.0. The van der Waals surface area contributed by atoms with Crippen LogP contribution < -0.4 is 10.2 Å². The maximum atomic E-state index is 12.6. The summed E-state index contributed by atoms with van der Waals surface area (Å²) in [7, 11) is 0. The molecular weight excluding hydrogens is 342 g/mol. The summed E-state index contributed by atoms with van der Waals surface area (Å²) in [6.45, 7) is 5.77. The van der Waals surface area contributed by atoms with Crippen LogP contribution in [0, 0.1) is 6.92 Å². The first-order valence-corrected chi connectivity index (χ1v) is 10.4. The smallest absolute Gasteiger partial charge is 0.322 e. The van der Waals surface area contributed by atoms with Crippen molar-refractivity contribution in [3.8, 4) is 0 Å². The number of fused-ring (bicyclic) bond motifs is 1. The molecule has 1 fully saturated rings. The number of hydrogen-bond acceptors (Lipinski definition) is 3. The van der Waals surface area contributed by atoms with E-state index >= 15 is 0 Å². The summed E-state index contributed by atoms with van der Waals surface area (Å²) in [6, 6.07) is 14.7. The fourth-order valence-electron chi connectivity index (χ4n) is 3.63. The summed E-state index contributed by atoms with van der Waals surface area (Å²) in [5, 5.41) is 3.05. The molecule has 26 heavy (non-hydrogen) atoms. The standard InChI is InChI=1S/C21H25N3OS/c1-16-2-3-18-15-24(9-8-17(18)14-16)21(25)22-19-4-6-20(7-5-19)23-10-12-26-13-11-23/h2-7,14H,8-13,15H2,1H3,(H,22,25). The van der Waals surface area contributed by atoms with Crippen molar-refractivity contribution < 1.29 is 4.79 Å². The highest BCUT2D eigenvalue weighted by molar-refractivity contribution is 7.99. The second-order valence-electron chi connectivity index (χ2n) is 7.02. The third kappa shape index (κ3) is 3.83. The molecule has 2 aromatic rings. The quantitative estimate of drug-likeness (QED) is 0.867. The van der Waals surface area contributed by atoms with Gasteiger partial charge >= 0.3 is 6.03 Å². The Morgan fingerprint density at radius 1 is 1.00 bits per heavy atom. The van der Waals surface area contributed by atoms with Crippen molar-refractivity contribution in [3.05, 3.63) is 59.2 Å². The van der Waals surface area contributed by atoms with E-state index in [1.165, 1.54) is 33.9 Å². The minimum Gasteiger partial charge on any atom is -0.370 e. The number of benzene rings is 2. The maximum absolute atomic E-state index is 12.6. The van der Waals surface area contributed by atoms with Crippen LogP contribution in [0.5, 0.6) is 0 Å². The highest BCUT2D eigenvalue weighted by Crippen LogP contribution is 2.23. The first kappa shape index (κ1) is 17.3. The highest BCUT2D eigenvalue weighted by atomic mass is 32.2. The molecule has 2 amide bonds. The molecule has 1 N–H and O–H groups in total. The fraction of sp³-hybridized carbons (Fsp3) is 0.381. The summed E-state index contributed by atoms with van der Waals surface area (Å²) >= 11 is 2.01. The van der Waals surface area contributed by atoms with E-state index in [0.717, 1.165) is 31.7 Å². The van der Waals surface area contributed by atoms with E-state index in [-0.39, 0.29) is 6.03 Å². The average molecular weight is 368 g/mol. The van der Waals surface area contributed by atoms with Gasteiger partial charge in [0.1, 0.15) is 0 Å². The van der Waals surface area contributed by atoms with Crippen molar-refractivity contribution in [2.75, 3.05) is 41.4 Å². The Hall–Kier alpha value is -2.14. The van der Waals surface area contributed by atoms with Gasteiger partial charge in [0.25, 0.3) is 0 Å². The number of hydrogen-bond donors (Lipinski definition) is 1. The second-order valence-corrected chi connectivity index (χ2v) is 8.24. The fourth-order valence-corrected chi connectivity index (χ4v) is 4.54. The molecular formula is C21H25N3OS. The van der Waals surface area contributed by atoms with Gasteiger partial charge in [0.2, 0.25) is 0 Å². The van der Waals surface area contributed by atoms with Crippen molar-refractivity contribution in [1.82, 2.24) is 4.90 Å². The van der Waals surface area contributed by atoms with Crippen LogP contribution in [0.1, 0.15) is 16.7 Å². The Morgan fingerprint density at radius 3 is 2.54 bits per heavy atom. The lowest BCUT2D eigenvalue weighted by atomic mass is 9.98. The molecule has 0 saturated carbocycles. The molecule has 0 atom stereocenters. The van der Waals surface area contributed by atoms with Crippen LogP contribution in [0.3, 0.4) is 0 Å². The summed E-state index contributed by atoms with van der Waals surface area (Å²) in [6.07, 6.45) is 0.927. The van der Waals surface area contributed by atoms with Gasteiger partial charge in [-0.1, -0.05) is 23.8 Å². The number of aryl methyl sites for hydroxylation is 1. The van der Waals surface area contributed by atoms with E-state index in [9.17, 15) is 4.79 Å². The molecule has 4 nitrogen and oxygen atoms in total. The van der Waals surface area contributed by atoms with Gasteiger partial charge in [-0.2, -0.15) is 11.8 Å². The van der Waals surface area contributed by atoms with Gasteiger partial charge < -0.3 is 15.1 Å². The summed E-state index contributed by atoms with van der Waals surface area (Å²) in [5.41, 5.74) is 6.02. The first-order valence-electron chi connectivity index (χ1n) is 9.26. The molecule has 0 aromatic heterocycles. The lowest BCUT2D eigenvalue weighted by Crippen LogP contribution is -2.38. The Balaban J connectivity index is 1.38. The number of urea groups is 1. The molecule has 2 aliphatic heterocycles. The van der Waals surface area contributed by atoms with E-state index in [1.54, 1.807) is 0 Å².